The quantitative estimate of drug-likeness (QED) is 0.524. The van der Waals surface area contributed by atoms with E-state index in [1.807, 2.05) is 27.7 Å². The molecule has 0 aliphatic carbocycles. The molecule has 0 saturated carbocycles. The minimum absolute atomic E-state index is 0.779. The number of hydrogen-bond donors (Lipinski definition) is 2. The van der Waals surface area contributed by atoms with Crippen LogP contribution in [0.5, 0.6) is 0 Å². The first-order chi connectivity index (χ1) is 10.9. The van der Waals surface area contributed by atoms with Crippen LogP contribution in [-0.4, -0.2) is 21.4 Å². The molecule has 0 fully saturated rings. The van der Waals surface area contributed by atoms with Crippen molar-refractivity contribution < 1.29 is 0 Å². The second-order valence-corrected chi connectivity index (χ2v) is 7.63. The van der Waals surface area contributed by atoms with Gasteiger partial charge in [-0.2, -0.15) is 10.2 Å². The minimum Gasteiger partial charge on any atom is -0.253 e. The van der Waals surface area contributed by atoms with Gasteiger partial charge in [-0.3, -0.25) is 10.9 Å². The number of hydrazone groups is 2. The molecule has 0 atom stereocenters. The number of thiazole rings is 2. The number of hydrogen-bond acceptors (Lipinski definition) is 8. The van der Waals surface area contributed by atoms with Crippen molar-refractivity contribution in [2.45, 2.75) is 34.6 Å². The summed E-state index contributed by atoms with van der Waals surface area (Å²) in [7, 11) is 0. The zero-order chi connectivity index (χ0) is 16.6. The van der Waals surface area contributed by atoms with Gasteiger partial charge in [0.2, 0.25) is 10.3 Å². The highest BCUT2D eigenvalue weighted by Gasteiger charge is 2.14. The molecule has 2 aromatic heterocycles. The van der Waals surface area contributed by atoms with E-state index < -0.39 is 0 Å². The topological polar surface area (TPSA) is 74.6 Å². The summed E-state index contributed by atoms with van der Waals surface area (Å²) in [6.07, 6.45) is 0. The Kier molecular flexibility index (Phi) is 4.27. The molecule has 0 radical (unpaired) electrons. The van der Waals surface area contributed by atoms with Crippen LogP contribution in [0.4, 0.5) is 10.3 Å². The first-order valence-corrected chi connectivity index (χ1v) is 8.82. The van der Waals surface area contributed by atoms with Crippen LogP contribution in [0, 0.1) is 6.92 Å². The van der Waals surface area contributed by atoms with Gasteiger partial charge in [0.15, 0.2) is 0 Å². The van der Waals surface area contributed by atoms with E-state index in [1.54, 1.807) is 22.7 Å². The molecule has 2 heterocycles. The van der Waals surface area contributed by atoms with Gasteiger partial charge < -0.3 is 0 Å². The van der Waals surface area contributed by atoms with E-state index in [9.17, 15) is 0 Å². The van der Waals surface area contributed by atoms with Crippen LogP contribution in [-0.2, 0) is 0 Å². The Morgan fingerprint density at radius 2 is 1.48 bits per heavy atom. The average Bonchev–Trinajstić information content (AvgIpc) is 3.06. The SMILES string of the molecule is CC(C)=NNc1nc2c(cc(C)c3nc(NN=C(C)C)sc32)s1. The number of fused-ring (bicyclic) bond motifs is 3. The second-order valence-electron chi connectivity index (χ2n) is 5.60. The molecular formula is C15H18N6S2. The van der Waals surface area contributed by atoms with Crippen LogP contribution < -0.4 is 10.9 Å². The summed E-state index contributed by atoms with van der Waals surface area (Å²) in [6.45, 7) is 9.84. The third-order valence-electron chi connectivity index (χ3n) is 2.97. The molecule has 120 valence electrons. The molecule has 3 rings (SSSR count). The largest absolute Gasteiger partial charge is 0.253 e. The lowest BCUT2D eigenvalue weighted by Crippen LogP contribution is -1.91. The number of benzene rings is 1. The van der Waals surface area contributed by atoms with Gasteiger partial charge in [0.05, 0.1) is 14.9 Å². The van der Waals surface area contributed by atoms with E-state index in [2.05, 4.69) is 44.0 Å². The van der Waals surface area contributed by atoms with E-state index in [4.69, 9.17) is 0 Å². The van der Waals surface area contributed by atoms with Crippen molar-refractivity contribution in [3.05, 3.63) is 11.6 Å². The van der Waals surface area contributed by atoms with E-state index in [0.717, 1.165) is 47.7 Å². The predicted octanol–water partition coefficient (Wildman–Crippen LogP) is 4.83. The number of aryl methyl sites for hydroxylation is 1. The van der Waals surface area contributed by atoms with Crippen molar-refractivity contribution in [1.29, 1.82) is 0 Å². The van der Waals surface area contributed by atoms with Crippen molar-refractivity contribution in [3.63, 3.8) is 0 Å². The zero-order valence-electron chi connectivity index (χ0n) is 13.7. The molecule has 0 unspecified atom stereocenters. The fraction of sp³-hybridized carbons (Fsp3) is 0.333. The second kappa shape index (κ2) is 6.21. The lowest BCUT2D eigenvalue weighted by molar-refractivity contribution is 1.28. The van der Waals surface area contributed by atoms with Crippen molar-refractivity contribution >= 4 is 64.8 Å². The first kappa shape index (κ1) is 15.8. The van der Waals surface area contributed by atoms with Gasteiger partial charge in [0.1, 0.15) is 5.52 Å². The average molecular weight is 346 g/mol. The Morgan fingerprint density at radius 3 is 2.09 bits per heavy atom. The number of aromatic nitrogens is 2. The van der Waals surface area contributed by atoms with Gasteiger partial charge in [-0.1, -0.05) is 22.7 Å². The molecule has 1 aromatic carbocycles. The van der Waals surface area contributed by atoms with Gasteiger partial charge in [0, 0.05) is 11.4 Å². The van der Waals surface area contributed by atoms with Gasteiger partial charge in [-0.15, -0.1) is 0 Å². The summed E-state index contributed by atoms with van der Waals surface area (Å²) in [5.41, 5.74) is 11.0. The number of nitrogens with zero attached hydrogens (tertiary/aromatic N) is 4. The van der Waals surface area contributed by atoms with Crippen molar-refractivity contribution in [2.24, 2.45) is 10.2 Å². The van der Waals surface area contributed by atoms with E-state index in [-0.39, 0.29) is 0 Å². The highest BCUT2D eigenvalue weighted by atomic mass is 32.1. The third kappa shape index (κ3) is 3.32. The summed E-state index contributed by atoms with van der Waals surface area (Å²) >= 11 is 3.17. The summed E-state index contributed by atoms with van der Waals surface area (Å²) in [6, 6.07) is 2.13. The maximum absolute atomic E-state index is 4.67. The maximum atomic E-state index is 4.67. The third-order valence-corrected chi connectivity index (χ3v) is 4.84. The molecule has 0 amide bonds. The molecule has 0 bridgehead atoms. The number of rotatable bonds is 4. The zero-order valence-corrected chi connectivity index (χ0v) is 15.3. The van der Waals surface area contributed by atoms with E-state index >= 15 is 0 Å². The van der Waals surface area contributed by atoms with Gasteiger partial charge in [0.25, 0.3) is 0 Å². The molecular weight excluding hydrogens is 328 g/mol. The van der Waals surface area contributed by atoms with Crippen molar-refractivity contribution in [1.82, 2.24) is 9.97 Å². The van der Waals surface area contributed by atoms with Crippen molar-refractivity contribution in [2.75, 3.05) is 10.9 Å². The molecule has 0 saturated heterocycles. The molecule has 23 heavy (non-hydrogen) atoms. The van der Waals surface area contributed by atoms with Crippen LogP contribution >= 0.6 is 22.7 Å². The molecule has 8 heteroatoms. The Morgan fingerprint density at radius 1 is 0.913 bits per heavy atom. The normalized spacial score (nSPS) is 10.8. The highest BCUT2D eigenvalue weighted by molar-refractivity contribution is 7.25. The summed E-state index contributed by atoms with van der Waals surface area (Å²) in [5.74, 6) is 0. The van der Waals surface area contributed by atoms with Gasteiger partial charge in [-0.25, -0.2) is 9.97 Å². The first-order valence-electron chi connectivity index (χ1n) is 7.18. The molecule has 3 aromatic rings. The fourth-order valence-electron chi connectivity index (χ4n) is 2.02. The lowest BCUT2D eigenvalue weighted by atomic mass is 10.2. The fourth-order valence-corrected chi connectivity index (χ4v) is 3.98. The molecule has 0 aliphatic heterocycles. The molecule has 0 spiro atoms. The highest BCUT2D eigenvalue weighted by Crippen LogP contribution is 2.38. The van der Waals surface area contributed by atoms with E-state index in [0.29, 0.717) is 0 Å². The Bertz CT molecular complexity index is 926. The monoisotopic (exact) mass is 346 g/mol. The Labute approximate surface area is 142 Å². The minimum atomic E-state index is 0.779. The summed E-state index contributed by atoms with van der Waals surface area (Å²) in [4.78, 5) is 9.30. The van der Waals surface area contributed by atoms with Crippen LogP contribution in [0.25, 0.3) is 20.4 Å². The van der Waals surface area contributed by atoms with Crippen molar-refractivity contribution in [3.8, 4) is 0 Å². The lowest BCUT2D eigenvalue weighted by Gasteiger charge is -1.94. The predicted molar refractivity (Wildman–Crippen MR) is 102 cm³/mol. The van der Waals surface area contributed by atoms with Gasteiger partial charge in [-0.05, 0) is 46.2 Å². The number of anilines is 2. The Hall–Kier alpha value is -2.06. The number of nitrogens with one attached hydrogen (secondary N) is 2. The van der Waals surface area contributed by atoms with Crippen LogP contribution in [0.15, 0.2) is 16.3 Å². The maximum Gasteiger partial charge on any atom is 0.204 e. The summed E-state index contributed by atoms with van der Waals surface area (Å²) < 4.78 is 2.21. The Balaban J connectivity index is 2.09. The molecule has 2 N–H and O–H groups in total. The van der Waals surface area contributed by atoms with Crippen LogP contribution in [0.2, 0.25) is 0 Å². The smallest absolute Gasteiger partial charge is 0.204 e. The van der Waals surface area contributed by atoms with Crippen LogP contribution in [0.3, 0.4) is 0 Å². The standard InChI is InChI=1S/C15H18N6S2/c1-7(2)18-20-14-17-12-10(22-14)6-9(5)11-13(12)23-15(16-11)21-19-8(3)4/h6H,1-5H3,(H,16,21)(H,17,20). The van der Waals surface area contributed by atoms with Gasteiger partial charge >= 0.3 is 0 Å². The van der Waals surface area contributed by atoms with E-state index in [1.165, 1.54) is 0 Å². The summed E-state index contributed by atoms with van der Waals surface area (Å²) in [5, 5.41) is 10.0. The molecule has 0 aliphatic rings. The molecule has 6 nitrogen and oxygen atoms in total. The van der Waals surface area contributed by atoms with Crippen LogP contribution in [0.1, 0.15) is 33.3 Å².